The molecule has 0 heterocycles. The van der Waals surface area contributed by atoms with Crippen LogP contribution in [0.5, 0.6) is 0 Å². The Balaban J connectivity index is 1.99. The lowest BCUT2D eigenvalue weighted by atomic mass is 10.3. The number of benzene rings is 1. The number of amides is 1. The number of halogens is 1. The Labute approximate surface area is 134 Å². The van der Waals surface area contributed by atoms with Crippen LogP contribution in [0.15, 0.2) is 28.7 Å². The normalized spacial score (nSPS) is 10.6. The van der Waals surface area contributed by atoms with Crippen molar-refractivity contribution in [3.05, 3.63) is 28.7 Å². The van der Waals surface area contributed by atoms with Gasteiger partial charge < -0.3 is 20.1 Å². The molecule has 1 amide bonds. The fraction of sp³-hybridized carbons (Fsp3) is 0.533. The summed E-state index contributed by atoms with van der Waals surface area (Å²) in [6.45, 7) is 3.12. The highest BCUT2D eigenvalue weighted by Gasteiger charge is 2.01. The van der Waals surface area contributed by atoms with Gasteiger partial charge in [0.15, 0.2) is 0 Å². The molecule has 1 aromatic carbocycles. The van der Waals surface area contributed by atoms with Crippen LogP contribution in [0, 0.1) is 0 Å². The Morgan fingerprint density at radius 2 is 2.10 bits per heavy atom. The lowest BCUT2D eigenvalue weighted by Crippen LogP contribution is -2.28. The van der Waals surface area contributed by atoms with Gasteiger partial charge in [-0.1, -0.05) is 22.0 Å². The number of hydrogen-bond donors (Lipinski definition) is 2. The SMILES string of the molecule is COCCOCCCCNCC(=O)Nc1cccc(Br)c1. The average Bonchev–Trinajstić information content (AvgIpc) is 2.45. The molecule has 0 radical (unpaired) electrons. The van der Waals surface area contributed by atoms with Gasteiger partial charge >= 0.3 is 0 Å². The van der Waals surface area contributed by atoms with Crippen LogP contribution in [0.2, 0.25) is 0 Å². The van der Waals surface area contributed by atoms with E-state index in [-0.39, 0.29) is 5.91 Å². The van der Waals surface area contributed by atoms with Crippen molar-refractivity contribution in [2.45, 2.75) is 12.8 Å². The number of ether oxygens (including phenoxy) is 2. The van der Waals surface area contributed by atoms with E-state index in [0.29, 0.717) is 19.8 Å². The minimum atomic E-state index is -0.0376. The van der Waals surface area contributed by atoms with E-state index >= 15 is 0 Å². The molecule has 2 N–H and O–H groups in total. The van der Waals surface area contributed by atoms with Crippen molar-refractivity contribution < 1.29 is 14.3 Å². The van der Waals surface area contributed by atoms with E-state index in [2.05, 4.69) is 26.6 Å². The molecule has 0 spiro atoms. The van der Waals surface area contributed by atoms with Crippen molar-refractivity contribution in [2.75, 3.05) is 45.3 Å². The van der Waals surface area contributed by atoms with Crippen LogP contribution in [0.4, 0.5) is 5.69 Å². The lowest BCUT2D eigenvalue weighted by molar-refractivity contribution is -0.115. The van der Waals surface area contributed by atoms with Crippen LogP contribution in [0.3, 0.4) is 0 Å². The Kier molecular flexibility index (Phi) is 10.1. The Morgan fingerprint density at radius 1 is 1.24 bits per heavy atom. The standard InChI is InChI=1S/C15H23BrN2O3/c1-20-9-10-21-8-3-2-7-17-12-15(19)18-14-6-4-5-13(16)11-14/h4-6,11,17H,2-3,7-10,12H2,1H3,(H,18,19). The molecule has 6 heteroatoms. The van der Waals surface area contributed by atoms with Crippen LogP contribution in [-0.4, -0.2) is 45.9 Å². The number of carbonyl (C=O) groups is 1. The Morgan fingerprint density at radius 3 is 2.86 bits per heavy atom. The fourth-order valence-corrected chi connectivity index (χ4v) is 2.07. The lowest BCUT2D eigenvalue weighted by Gasteiger charge is -2.07. The molecule has 0 saturated heterocycles. The summed E-state index contributed by atoms with van der Waals surface area (Å²) in [5.74, 6) is -0.0376. The molecule has 0 fully saturated rings. The van der Waals surface area contributed by atoms with Crippen LogP contribution >= 0.6 is 15.9 Å². The summed E-state index contributed by atoms with van der Waals surface area (Å²) in [6, 6.07) is 7.54. The summed E-state index contributed by atoms with van der Waals surface area (Å²) >= 11 is 3.37. The van der Waals surface area contributed by atoms with Crippen molar-refractivity contribution in [1.29, 1.82) is 0 Å². The molecule has 1 rings (SSSR count). The molecule has 0 aliphatic carbocycles. The van der Waals surface area contributed by atoms with E-state index in [0.717, 1.165) is 36.2 Å². The Bertz CT molecular complexity index is 416. The highest BCUT2D eigenvalue weighted by atomic mass is 79.9. The van der Waals surface area contributed by atoms with Gasteiger partial charge in [-0.15, -0.1) is 0 Å². The quantitative estimate of drug-likeness (QED) is 0.596. The van der Waals surface area contributed by atoms with Crippen molar-refractivity contribution in [1.82, 2.24) is 5.32 Å². The van der Waals surface area contributed by atoms with Gasteiger partial charge in [0.2, 0.25) is 5.91 Å². The zero-order chi connectivity index (χ0) is 15.3. The zero-order valence-corrected chi connectivity index (χ0v) is 13.9. The molecular formula is C15H23BrN2O3. The van der Waals surface area contributed by atoms with Gasteiger partial charge in [0, 0.05) is 23.9 Å². The summed E-state index contributed by atoms with van der Waals surface area (Å²) in [5.41, 5.74) is 0.794. The topological polar surface area (TPSA) is 59.6 Å². The number of rotatable bonds is 11. The third-order valence-electron chi connectivity index (χ3n) is 2.72. The van der Waals surface area contributed by atoms with Crippen molar-refractivity contribution >= 4 is 27.5 Å². The van der Waals surface area contributed by atoms with Gasteiger partial charge in [-0.2, -0.15) is 0 Å². The first kappa shape index (κ1) is 18.1. The van der Waals surface area contributed by atoms with Crippen molar-refractivity contribution in [2.24, 2.45) is 0 Å². The van der Waals surface area contributed by atoms with Crippen molar-refractivity contribution in [3.8, 4) is 0 Å². The monoisotopic (exact) mass is 358 g/mol. The van der Waals surface area contributed by atoms with Crippen LogP contribution in [0.1, 0.15) is 12.8 Å². The molecule has 0 unspecified atom stereocenters. The molecule has 0 aliphatic rings. The molecule has 5 nitrogen and oxygen atoms in total. The molecule has 0 atom stereocenters. The van der Waals surface area contributed by atoms with E-state index < -0.39 is 0 Å². The average molecular weight is 359 g/mol. The molecule has 118 valence electrons. The van der Waals surface area contributed by atoms with Gasteiger partial charge in [-0.3, -0.25) is 4.79 Å². The molecule has 0 saturated carbocycles. The first-order chi connectivity index (χ1) is 10.2. The van der Waals surface area contributed by atoms with E-state index in [1.54, 1.807) is 7.11 Å². The van der Waals surface area contributed by atoms with Gasteiger partial charge in [0.25, 0.3) is 0 Å². The highest BCUT2D eigenvalue weighted by molar-refractivity contribution is 9.10. The summed E-state index contributed by atoms with van der Waals surface area (Å²) in [5, 5.41) is 5.96. The first-order valence-corrected chi connectivity index (χ1v) is 7.84. The molecular weight excluding hydrogens is 336 g/mol. The second-order valence-electron chi connectivity index (χ2n) is 4.55. The fourth-order valence-electron chi connectivity index (χ4n) is 1.67. The number of anilines is 1. The molecule has 0 aromatic heterocycles. The van der Waals surface area contributed by atoms with Crippen LogP contribution < -0.4 is 10.6 Å². The Hall–Kier alpha value is -0.950. The van der Waals surface area contributed by atoms with E-state index in [4.69, 9.17) is 9.47 Å². The minimum Gasteiger partial charge on any atom is -0.382 e. The third kappa shape index (κ3) is 9.57. The predicted octanol–water partition coefficient (Wildman–Crippen LogP) is 2.42. The number of methoxy groups -OCH3 is 1. The number of carbonyl (C=O) groups excluding carboxylic acids is 1. The summed E-state index contributed by atoms with van der Waals surface area (Å²) in [4.78, 5) is 11.7. The smallest absolute Gasteiger partial charge is 0.238 e. The van der Waals surface area contributed by atoms with Crippen LogP contribution in [-0.2, 0) is 14.3 Å². The minimum absolute atomic E-state index is 0.0376. The van der Waals surface area contributed by atoms with Gasteiger partial charge in [0.1, 0.15) is 0 Å². The van der Waals surface area contributed by atoms with Crippen molar-refractivity contribution in [3.63, 3.8) is 0 Å². The largest absolute Gasteiger partial charge is 0.382 e. The first-order valence-electron chi connectivity index (χ1n) is 7.05. The molecule has 0 bridgehead atoms. The van der Waals surface area contributed by atoms with Gasteiger partial charge in [-0.25, -0.2) is 0 Å². The van der Waals surface area contributed by atoms with E-state index in [1.807, 2.05) is 24.3 Å². The second kappa shape index (κ2) is 11.7. The summed E-state index contributed by atoms with van der Waals surface area (Å²) in [7, 11) is 1.66. The highest BCUT2D eigenvalue weighted by Crippen LogP contribution is 2.15. The number of unbranched alkanes of at least 4 members (excludes halogenated alkanes) is 1. The van der Waals surface area contributed by atoms with E-state index in [1.165, 1.54) is 0 Å². The second-order valence-corrected chi connectivity index (χ2v) is 5.46. The number of nitrogens with one attached hydrogen (secondary N) is 2. The maximum atomic E-state index is 11.7. The summed E-state index contributed by atoms with van der Waals surface area (Å²) in [6.07, 6.45) is 1.96. The van der Waals surface area contributed by atoms with Crippen LogP contribution in [0.25, 0.3) is 0 Å². The summed E-state index contributed by atoms with van der Waals surface area (Å²) < 4.78 is 11.2. The zero-order valence-electron chi connectivity index (χ0n) is 12.4. The third-order valence-corrected chi connectivity index (χ3v) is 3.21. The van der Waals surface area contributed by atoms with Gasteiger partial charge in [0.05, 0.1) is 19.8 Å². The molecule has 21 heavy (non-hydrogen) atoms. The number of hydrogen-bond acceptors (Lipinski definition) is 4. The maximum absolute atomic E-state index is 11.7. The molecule has 0 aliphatic heterocycles. The predicted molar refractivity (Wildman–Crippen MR) is 87.6 cm³/mol. The van der Waals surface area contributed by atoms with E-state index in [9.17, 15) is 4.79 Å². The molecule has 1 aromatic rings. The maximum Gasteiger partial charge on any atom is 0.238 e. The van der Waals surface area contributed by atoms with Gasteiger partial charge in [-0.05, 0) is 37.6 Å².